The van der Waals surface area contributed by atoms with Crippen LogP contribution in [0.3, 0.4) is 0 Å². The van der Waals surface area contributed by atoms with Crippen LogP contribution in [0.1, 0.15) is 85.0 Å². The number of fused-ring (bicyclic) bond motifs is 3. The fraction of sp³-hybridized carbons (Fsp3) is 0.872. The molecule has 2 amide bonds. The van der Waals surface area contributed by atoms with Crippen LogP contribution < -0.4 is 5.32 Å². The first-order valence-electron chi connectivity index (χ1n) is 19.9. The van der Waals surface area contributed by atoms with Crippen LogP contribution in [0.25, 0.3) is 0 Å². The Morgan fingerprint density at radius 2 is 1.59 bits per heavy atom. The first kappa shape index (κ1) is 38.4. The van der Waals surface area contributed by atoms with Crippen LogP contribution in [0.2, 0.25) is 0 Å². The van der Waals surface area contributed by atoms with Gasteiger partial charge < -0.3 is 34.4 Å². The van der Waals surface area contributed by atoms with Crippen molar-refractivity contribution in [1.29, 1.82) is 0 Å². The molecule has 0 aromatic heterocycles. The smallest absolute Gasteiger partial charge is 0.407 e. The third kappa shape index (κ3) is 8.76. The van der Waals surface area contributed by atoms with E-state index in [-0.39, 0.29) is 47.9 Å². The lowest BCUT2D eigenvalue weighted by Gasteiger charge is -2.61. The molecule has 0 spiro atoms. The molecule has 12 heteroatoms. The molecule has 10 unspecified atom stereocenters. The minimum Gasteiger partial charge on any atom is -0.444 e. The maximum absolute atomic E-state index is 16.8. The topological polar surface area (TPSA) is 97.9 Å². The standard InChI is InChI=1S/C39H65FN6O5/c1-39(2,3)51-38(49)41-27-14-19-45(23-27)34-30(40)22-28-33-36(34)50-32-21-26-13-9-8-12-25(26)20-31(32)46(33)24-29(35(28)47)37(48)44(17-10-15-42(4)5)18-11-16-43(6)7/h24-28,30-34,36H,8-23H2,1-7H3,(H,41,49). The molecule has 3 aliphatic carbocycles. The molecule has 1 N–H and O–H groups in total. The van der Waals surface area contributed by atoms with Gasteiger partial charge in [-0.2, -0.15) is 0 Å². The van der Waals surface area contributed by atoms with E-state index in [4.69, 9.17) is 9.47 Å². The summed E-state index contributed by atoms with van der Waals surface area (Å²) in [4.78, 5) is 52.1. The predicted octanol–water partition coefficient (Wildman–Crippen LogP) is 3.92. The normalized spacial score (nSPS) is 35.2. The van der Waals surface area contributed by atoms with Crippen molar-refractivity contribution in [3.05, 3.63) is 11.8 Å². The molecule has 6 aliphatic rings. The summed E-state index contributed by atoms with van der Waals surface area (Å²) < 4.78 is 29.4. The molecule has 0 aromatic rings. The summed E-state index contributed by atoms with van der Waals surface area (Å²) in [6, 6.07) is -0.938. The Kier molecular flexibility index (Phi) is 12.1. The lowest BCUT2D eigenvalue weighted by molar-refractivity contribution is -0.219. The van der Waals surface area contributed by atoms with Crippen LogP contribution in [0, 0.1) is 17.8 Å². The average Bonchev–Trinajstić information content (AvgIpc) is 3.50. The summed E-state index contributed by atoms with van der Waals surface area (Å²) in [6.07, 6.45) is 8.81. The molecular weight excluding hydrogens is 651 g/mol. The average molecular weight is 717 g/mol. The van der Waals surface area contributed by atoms with E-state index in [2.05, 4.69) is 24.9 Å². The second-order valence-electron chi connectivity index (χ2n) is 17.9. The van der Waals surface area contributed by atoms with E-state index in [1.165, 1.54) is 25.7 Å². The summed E-state index contributed by atoms with van der Waals surface area (Å²) in [5.41, 5.74) is -0.376. The maximum atomic E-state index is 16.8. The number of alkyl carbamates (subject to hydrolysis) is 1. The van der Waals surface area contributed by atoms with E-state index >= 15 is 4.39 Å². The van der Waals surface area contributed by atoms with Crippen LogP contribution in [0.4, 0.5) is 9.18 Å². The number of hydrogen-bond donors (Lipinski definition) is 1. The number of rotatable bonds is 11. The first-order chi connectivity index (χ1) is 24.2. The van der Waals surface area contributed by atoms with Crippen LogP contribution >= 0.6 is 0 Å². The van der Waals surface area contributed by atoms with Gasteiger partial charge in [-0.15, -0.1) is 0 Å². The third-order valence-corrected chi connectivity index (χ3v) is 12.4. The number of nitrogens with one attached hydrogen (secondary N) is 1. The zero-order chi connectivity index (χ0) is 36.6. The Morgan fingerprint density at radius 1 is 0.941 bits per heavy atom. The quantitative estimate of drug-likeness (QED) is 0.320. The lowest BCUT2D eigenvalue weighted by Crippen LogP contribution is -2.73. The van der Waals surface area contributed by atoms with Gasteiger partial charge >= 0.3 is 6.09 Å². The van der Waals surface area contributed by atoms with Crippen molar-refractivity contribution in [1.82, 2.24) is 29.8 Å². The second kappa shape index (κ2) is 16.0. The van der Waals surface area contributed by atoms with Crippen LogP contribution in [-0.2, 0) is 19.1 Å². The monoisotopic (exact) mass is 717 g/mol. The third-order valence-electron chi connectivity index (χ3n) is 12.4. The molecule has 0 aromatic carbocycles. The number of ether oxygens (including phenoxy) is 2. The number of alkyl halides is 1. The van der Waals surface area contributed by atoms with Crippen LogP contribution in [-0.4, -0.2) is 158 Å². The molecule has 3 aliphatic heterocycles. The molecule has 288 valence electrons. The van der Waals surface area contributed by atoms with Crippen molar-refractivity contribution in [2.45, 2.75) is 133 Å². The molecular formula is C39H65FN6O5. The summed E-state index contributed by atoms with van der Waals surface area (Å²) >= 11 is 0. The highest BCUT2D eigenvalue weighted by atomic mass is 19.1. The fourth-order valence-electron chi connectivity index (χ4n) is 10.1. The molecule has 51 heavy (non-hydrogen) atoms. The van der Waals surface area contributed by atoms with Gasteiger partial charge in [0.25, 0.3) is 5.91 Å². The minimum atomic E-state index is -1.30. The number of halogens is 1. The zero-order valence-corrected chi connectivity index (χ0v) is 32.3. The summed E-state index contributed by atoms with van der Waals surface area (Å²) in [7, 11) is 8.12. The van der Waals surface area contributed by atoms with Gasteiger partial charge in [-0.1, -0.05) is 25.7 Å². The van der Waals surface area contributed by atoms with Crippen molar-refractivity contribution >= 4 is 17.8 Å². The summed E-state index contributed by atoms with van der Waals surface area (Å²) in [5.74, 6) is 0.139. The van der Waals surface area contributed by atoms with Crippen LogP contribution in [0.15, 0.2) is 11.8 Å². The number of hydrogen-bond acceptors (Lipinski definition) is 9. The van der Waals surface area contributed by atoms with Gasteiger partial charge in [0.15, 0.2) is 5.78 Å². The maximum Gasteiger partial charge on any atom is 0.407 e. The van der Waals surface area contributed by atoms with Crippen molar-refractivity contribution in [3.8, 4) is 0 Å². The molecule has 3 saturated carbocycles. The van der Waals surface area contributed by atoms with E-state index in [1.807, 2.05) is 60.1 Å². The van der Waals surface area contributed by atoms with E-state index in [1.54, 1.807) is 0 Å². The molecule has 2 saturated heterocycles. The van der Waals surface area contributed by atoms with E-state index in [0.717, 1.165) is 38.8 Å². The number of amides is 2. The Labute approximate surface area is 305 Å². The van der Waals surface area contributed by atoms with Gasteiger partial charge in [0.1, 0.15) is 11.8 Å². The Bertz CT molecular complexity index is 1270. The highest BCUT2D eigenvalue weighted by Crippen LogP contribution is 2.51. The number of nitrogens with zero attached hydrogens (tertiary/aromatic N) is 5. The van der Waals surface area contributed by atoms with Crippen molar-refractivity contribution in [2.75, 3.05) is 67.5 Å². The van der Waals surface area contributed by atoms with Gasteiger partial charge in [-0.3, -0.25) is 14.5 Å². The van der Waals surface area contributed by atoms with Crippen molar-refractivity contribution in [3.63, 3.8) is 0 Å². The number of morpholine rings is 1. The summed E-state index contributed by atoms with van der Waals surface area (Å²) in [6.45, 7) is 9.50. The Morgan fingerprint density at radius 3 is 2.22 bits per heavy atom. The number of Topliss-reactive ketones (excluding diaryl/α,β-unsaturated/α-hetero) is 1. The highest BCUT2D eigenvalue weighted by molar-refractivity contribution is 6.20. The Balaban J connectivity index is 1.28. The number of carbonyl (C=O) groups is 3. The molecule has 6 rings (SSSR count). The van der Waals surface area contributed by atoms with Gasteiger partial charge in [0, 0.05) is 44.3 Å². The first-order valence-corrected chi connectivity index (χ1v) is 19.9. The Hall–Kier alpha value is -2.28. The number of ketones is 1. The molecule has 10 atom stereocenters. The van der Waals surface area contributed by atoms with Gasteiger partial charge in [-0.05, 0) is 112 Å². The molecule has 3 heterocycles. The SMILES string of the molecule is CN(C)CCCN(CCCN(C)C)C(=O)C1=CN2C3CC4CCCCC4CC3OC3C(N4CCC(NC(=O)OC(C)(C)C)C4)C(F)CC(C1=O)C32. The summed E-state index contributed by atoms with van der Waals surface area (Å²) in [5, 5.41) is 3.00. The van der Waals surface area contributed by atoms with Gasteiger partial charge in [0.2, 0.25) is 0 Å². The van der Waals surface area contributed by atoms with Gasteiger partial charge in [0.05, 0.1) is 35.9 Å². The van der Waals surface area contributed by atoms with Crippen molar-refractivity contribution in [2.24, 2.45) is 17.8 Å². The fourth-order valence-corrected chi connectivity index (χ4v) is 10.1. The minimum absolute atomic E-state index is 0.0666. The second-order valence-corrected chi connectivity index (χ2v) is 17.9. The highest BCUT2D eigenvalue weighted by Gasteiger charge is 2.61. The van der Waals surface area contributed by atoms with E-state index in [0.29, 0.717) is 44.4 Å². The molecule has 5 fully saturated rings. The van der Waals surface area contributed by atoms with Gasteiger partial charge in [-0.25, -0.2) is 9.18 Å². The molecule has 0 bridgehead atoms. The lowest BCUT2D eigenvalue weighted by atomic mass is 9.64. The van der Waals surface area contributed by atoms with Crippen LogP contribution in [0.5, 0.6) is 0 Å². The number of carbonyl (C=O) groups excluding carboxylic acids is 3. The number of likely N-dealkylation sites (tertiary alicyclic amines) is 1. The molecule has 0 radical (unpaired) electrons. The van der Waals surface area contributed by atoms with E-state index < -0.39 is 35.9 Å². The largest absolute Gasteiger partial charge is 0.444 e. The predicted molar refractivity (Wildman–Crippen MR) is 195 cm³/mol. The van der Waals surface area contributed by atoms with Crippen molar-refractivity contribution < 1.29 is 28.2 Å². The van der Waals surface area contributed by atoms with E-state index in [9.17, 15) is 14.4 Å². The molecule has 11 nitrogen and oxygen atoms in total. The zero-order valence-electron chi connectivity index (χ0n) is 32.3.